The highest BCUT2D eigenvalue weighted by molar-refractivity contribution is 7.89. The normalized spacial score (nSPS) is 16.7. The lowest BCUT2D eigenvalue weighted by atomic mass is 10.2. The lowest BCUT2D eigenvalue weighted by Crippen LogP contribution is -2.38. The molecule has 164 valence electrons. The van der Waals surface area contributed by atoms with E-state index in [-0.39, 0.29) is 34.6 Å². The van der Waals surface area contributed by atoms with E-state index >= 15 is 0 Å². The fourth-order valence-electron chi connectivity index (χ4n) is 3.56. The van der Waals surface area contributed by atoms with Crippen molar-refractivity contribution in [2.45, 2.75) is 24.1 Å². The van der Waals surface area contributed by atoms with Crippen molar-refractivity contribution in [1.29, 1.82) is 0 Å². The SMILES string of the molecule is COCc1cc(=O)[nH]c(N2CCC(NC(=O)c3nc(S(N)(=O)=O)c4ccccn34)C2)n1. The van der Waals surface area contributed by atoms with Gasteiger partial charge >= 0.3 is 0 Å². The third kappa shape index (κ3) is 4.28. The minimum Gasteiger partial charge on any atom is -0.378 e. The molecule has 1 atom stereocenters. The summed E-state index contributed by atoms with van der Waals surface area (Å²) in [5.41, 5.74) is 0.442. The molecule has 0 spiro atoms. The standard InChI is InChI=1S/C18H21N7O5S/c1-30-10-12-8-14(26)22-18(21-12)24-7-5-11(9-24)20-16(27)15-23-17(31(19,28)29)13-4-2-3-6-25(13)15/h2-4,6,8,11H,5,7,9-10H2,1H3,(H,20,27)(H2,19,28,29)(H,21,22,26). The van der Waals surface area contributed by atoms with Gasteiger partial charge in [-0.15, -0.1) is 0 Å². The summed E-state index contributed by atoms with van der Waals surface area (Å²) in [4.78, 5) is 37.6. The number of hydrogen-bond donors (Lipinski definition) is 3. The molecule has 1 amide bonds. The largest absolute Gasteiger partial charge is 0.378 e. The zero-order chi connectivity index (χ0) is 22.2. The zero-order valence-corrected chi connectivity index (χ0v) is 17.4. The van der Waals surface area contributed by atoms with Crippen LogP contribution in [0.15, 0.2) is 40.3 Å². The third-order valence-corrected chi connectivity index (χ3v) is 5.72. The number of sulfonamides is 1. The lowest BCUT2D eigenvalue weighted by molar-refractivity contribution is 0.0929. The van der Waals surface area contributed by atoms with Crippen molar-refractivity contribution >= 4 is 27.4 Å². The molecule has 1 aliphatic heterocycles. The maximum Gasteiger partial charge on any atom is 0.287 e. The van der Waals surface area contributed by atoms with E-state index in [2.05, 4.69) is 20.3 Å². The molecule has 0 bridgehead atoms. The minimum absolute atomic E-state index is 0.0771. The second kappa shape index (κ2) is 8.09. The zero-order valence-electron chi connectivity index (χ0n) is 16.6. The van der Waals surface area contributed by atoms with Crippen LogP contribution in [0.3, 0.4) is 0 Å². The van der Waals surface area contributed by atoms with E-state index in [0.29, 0.717) is 31.2 Å². The number of nitrogens with one attached hydrogen (secondary N) is 2. The quantitative estimate of drug-likeness (QED) is 0.443. The number of H-pyrrole nitrogens is 1. The molecule has 0 saturated carbocycles. The van der Waals surface area contributed by atoms with Gasteiger partial charge in [0.15, 0.2) is 5.03 Å². The molecule has 3 aromatic heterocycles. The number of nitrogens with zero attached hydrogens (tertiary/aromatic N) is 4. The number of pyridine rings is 1. The molecule has 13 heteroatoms. The van der Waals surface area contributed by atoms with Gasteiger partial charge in [-0.05, 0) is 18.6 Å². The molecule has 1 unspecified atom stereocenters. The number of carbonyl (C=O) groups is 1. The van der Waals surface area contributed by atoms with Gasteiger partial charge in [-0.2, -0.15) is 0 Å². The first-order valence-corrected chi connectivity index (χ1v) is 11.0. The molecule has 4 N–H and O–H groups in total. The average molecular weight is 447 g/mol. The first kappa shape index (κ1) is 21.0. The van der Waals surface area contributed by atoms with Crippen molar-refractivity contribution in [3.63, 3.8) is 0 Å². The van der Waals surface area contributed by atoms with E-state index in [0.717, 1.165) is 0 Å². The van der Waals surface area contributed by atoms with E-state index in [1.165, 1.54) is 23.6 Å². The van der Waals surface area contributed by atoms with Gasteiger partial charge in [0.1, 0.15) is 0 Å². The number of aromatic nitrogens is 4. The fourth-order valence-corrected chi connectivity index (χ4v) is 4.24. The maximum absolute atomic E-state index is 12.9. The Bertz CT molecular complexity index is 1300. The van der Waals surface area contributed by atoms with Gasteiger partial charge in [0.05, 0.1) is 17.8 Å². The minimum atomic E-state index is -4.10. The van der Waals surface area contributed by atoms with Gasteiger partial charge in [0, 0.05) is 38.5 Å². The fraction of sp³-hybridized carbons (Fsp3) is 0.333. The number of methoxy groups -OCH3 is 1. The van der Waals surface area contributed by atoms with Crippen molar-refractivity contribution in [1.82, 2.24) is 24.7 Å². The number of fused-ring (bicyclic) bond motifs is 1. The molecule has 1 fully saturated rings. The number of nitrogens with two attached hydrogens (primary N) is 1. The van der Waals surface area contributed by atoms with Crippen LogP contribution in [0.5, 0.6) is 0 Å². The Hall–Kier alpha value is -3.29. The van der Waals surface area contributed by atoms with E-state index in [4.69, 9.17) is 9.88 Å². The molecule has 0 aromatic carbocycles. The molecule has 1 aliphatic rings. The monoisotopic (exact) mass is 447 g/mol. The molecule has 3 aromatic rings. The summed E-state index contributed by atoms with van der Waals surface area (Å²) in [6.45, 7) is 1.19. The Morgan fingerprint density at radius 1 is 1.39 bits per heavy atom. The van der Waals surface area contributed by atoms with Crippen LogP contribution in [-0.4, -0.2) is 59.9 Å². The van der Waals surface area contributed by atoms with Gasteiger partial charge < -0.3 is 15.0 Å². The van der Waals surface area contributed by atoms with Crippen LogP contribution < -0.4 is 20.9 Å². The molecule has 1 saturated heterocycles. The average Bonchev–Trinajstić information content (AvgIpc) is 3.32. The number of aromatic amines is 1. The summed E-state index contributed by atoms with van der Waals surface area (Å²) in [5.74, 6) is -0.205. The lowest BCUT2D eigenvalue weighted by Gasteiger charge is -2.18. The van der Waals surface area contributed by atoms with Gasteiger partial charge in [-0.25, -0.2) is 23.5 Å². The van der Waals surface area contributed by atoms with Crippen molar-refractivity contribution in [2.75, 3.05) is 25.1 Å². The second-order valence-corrected chi connectivity index (χ2v) is 8.62. The van der Waals surface area contributed by atoms with Crippen LogP contribution in [0, 0.1) is 0 Å². The summed E-state index contributed by atoms with van der Waals surface area (Å²) in [5, 5.41) is 7.75. The number of imidazole rings is 1. The highest BCUT2D eigenvalue weighted by Gasteiger charge is 2.29. The van der Waals surface area contributed by atoms with E-state index in [1.807, 2.05) is 4.90 Å². The number of primary sulfonamides is 1. The molecular weight excluding hydrogens is 426 g/mol. The van der Waals surface area contributed by atoms with Gasteiger partial charge in [-0.1, -0.05) is 6.07 Å². The van der Waals surface area contributed by atoms with Crippen molar-refractivity contribution < 1.29 is 17.9 Å². The highest BCUT2D eigenvalue weighted by Crippen LogP contribution is 2.19. The molecule has 4 heterocycles. The van der Waals surface area contributed by atoms with Gasteiger partial charge in [0.25, 0.3) is 21.5 Å². The number of hydrogen-bond acceptors (Lipinski definition) is 8. The van der Waals surface area contributed by atoms with Crippen molar-refractivity contribution in [3.05, 3.63) is 52.3 Å². The Kier molecular flexibility index (Phi) is 5.47. The van der Waals surface area contributed by atoms with Crippen molar-refractivity contribution in [3.8, 4) is 0 Å². The molecule has 0 aliphatic carbocycles. The molecule has 0 radical (unpaired) electrons. The molecule has 31 heavy (non-hydrogen) atoms. The molecular formula is C18H21N7O5S. The van der Waals surface area contributed by atoms with Gasteiger partial charge in [-0.3, -0.25) is 19.0 Å². The second-order valence-electron chi connectivity index (χ2n) is 7.14. The number of anilines is 1. The third-order valence-electron chi connectivity index (χ3n) is 4.88. The van der Waals surface area contributed by atoms with Crippen molar-refractivity contribution in [2.24, 2.45) is 5.14 Å². The summed E-state index contributed by atoms with van der Waals surface area (Å²) < 4.78 is 30.1. The number of ether oxygens (including phenoxy) is 1. The summed E-state index contributed by atoms with van der Waals surface area (Å²) in [6.07, 6.45) is 2.15. The highest BCUT2D eigenvalue weighted by atomic mass is 32.2. The Morgan fingerprint density at radius 3 is 2.94 bits per heavy atom. The van der Waals surface area contributed by atoms with Crippen LogP contribution in [0.1, 0.15) is 22.7 Å². The predicted molar refractivity (Wildman–Crippen MR) is 110 cm³/mol. The van der Waals surface area contributed by atoms with Crippen LogP contribution in [-0.2, 0) is 21.4 Å². The summed E-state index contributed by atoms with van der Waals surface area (Å²) in [6, 6.07) is 5.93. The maximum atomic E-state index is 12.9. The Labute approximate surface area is 177 Å². The number of rotatable bonds is 6. The van der Waals surface area contributed by atoms with Crippen LogP contribution >= 0.6 is 0 Å². The summed E-state index contributed by atoms with van der Waals surface area (Å²) in [7, 11) is -2.58. The topological polar surface area (TPSA) is 165 Å². The first-order valence-electron chi connectivity index (χ1n) is 9.41. The first-order chi connectivity index (χ1) is 14.8. The number of amides is 1. The van der Waals surface area contributed by atoms with E-state index in [1.54, 1.807) is 18.3 Å². The summed E-state index contributed by atoms with van der Waals surface area (Å²) >= 11 is 0. The van der Waals surface area contributed by atoms with Crippen LogP contribution in [0.25, 0.3) is 5.52 Å². The Balaban J connectivity index is 1.53. The number of carbonyl (C=O) groups excluding carboxylic acids is 1. The Morgan fingerprint density at radius 2 is 2.19 bits per heavy atom. The van der Waals surface area contributed by atoms with E-state index in [9.17, 15) is 18.0 Å². The van der Waals surface area contributed by atoms with E-state index < -0.39 is 15.9 Å². The van der Waals surface area contributed by atoms with Crippen LogP contribution in [0.2, 0.25) is 0 Å². The van der Waals surface area contributed by atoms with Crippen LogP contribution in [0.4, 0.5) is 5.95 Å². The molecule has 12 nitrogen and oxygen atoms in total. The molecule has 4 rings (SSSR count). The predicted octanol–water partition coefficient (Wildman–Crippen LogP) is -0.780. The smallest absolute Gasteiger partial charge is 0.287 e. The van der Waals surface area contributed by atoms with Gasteiger partial charge in [0.2, 0.25) is 11.8 Å².